The topological polar surface area (TPSA) is 72.6 Å². The highest BCUT2D eigenvalue weighted by Crippen LogP contribution is 2.25. The number of thiophene rings is 1. The third kappa shape index (κ3) is 3.20. The fourth-order valence-corrected chi connectivity index (χ4v) is 2.79. The summed E-state index contributed by atoms with van der Waals surface area (Å²) < 4.78 is 11.2. The van der Waals surface area contributed by atoms with E-state index in [-0.39, 0.29) is 17.9 Å². The second-order valence-electron chi connectivity index (χ2n) is 4.36. The number of aromatic nitrogens is 1. The highest BCUT2D eigenvalue weighted by molar-refractivity contribution is 9.10. The van der Waals surface area contributed by atoms with E-state index in [1.807, 2.05) is 17.5 Å². The van der Waals surface area contributed by atoms with E-state index in [0.717, 1.165) is 4.88 Å². The molecule has 3 rings (SSSR count). The van der Waals surface area contributed by atoms with Crippen molar-refractivity contribution >= 4 is 33.2 Å². The standard InChI is InChI=1S/C15H10BrNO4S/c16-9-3-4-12(18)11(6-9)15(19)21-8-10-7-20-14(17-10)13-2-1-5-22-13/h1-7,18H,8H2. The molecule has 7 heteroatoms. The number of nitrogens with zero attached hydrogens (tertiary/aromatic N) is 1. The van der Waals surface area contributed by atoms with Crippen LogP contribution in [0.1, 0.15) is 16.1 Å². The predicted octanol–water partition coefficient (Wildman–Crippen LogP) is 4.23. The van der Waals surface area contributed by atoms with Crippen molar-refractivity contribution in [3.63, 3.8) is 0 Å². The first-order valence-electron chi connectivity index (χ1n) is 6.27. The highest BCUT2D eigenvalue weighted by Gasteiger charge is 2.15. The number of phenolic OH excluding ortho intramolecular Hbond substituents is 1. The molecule has 0 radical (unpaired) electrons. The van der Waals surface area contributed by atoms with Crippen molar-refractivity contribution < 1.29 is 19.1 Å². The molecule has 0 aliphatic carbocycles. The van der Waals surface area contributed by atoms with Crippen molar-refractivity contribution in [3.8, 4) is 16.5 Å². The van der Waals surface area contributed by atoms with E-state index in [2.05, 4.69) is 20.9 Å². The van der Waals surface area contributed by atoms with E-state index >= 15 is 0 Å². The maximum atomic E-state index is 12.0. The Bertz CT molecular complexity index is 798. The number of phenols is 1. The van der Waals surface area contributed by atoms with Crippen LogP contribution in [0.5, 0.6) is 5.75 Å². The van der Waals surface area contributed by atoms with Crippen molar-refractivity contribution in [2.24, 2.45) is 0 Å². The molecule has 0 bridgehead atoms. The molecule has 0 aliphatic rings. The van der Waals surface area contributed by atoms with Gasteiger partial charge in [0.2, 0.25) is 5.89 Å². The van der Waals surface area contributed by atoms with Gasteiger partial charge in [0.25, 0.3) is 0 Å². The lowest BCUT2D eigenvalue weighted by atomic mass is 10.2. The van der Waals surface area contributed by atoms with Gasteiger partial charge in [0, 0.05) is 4.47 Å². The molecule has 0 fully saturated rings. The third-order valence-electron chi connectivity index (χ3n) is 2.81. The van der Waals surface area contributed by atoms with Crippen molar-refractivity contribution in [2.75, 3.05) is 0 Å². The molecule has 0 spiro atoms. The van der Waals surface area contributed by atoms with Gasteiger partial charge in [0.15, 0.2) is 0 Å². The number of aromatic hydroxyl groups is 1. The lowest BCUT2D eigenvalue weighted by Gasteiger charge is -2.05. The van der Waals surface area contributed by atoms with Crippen LogP contribution in [-0.2, 0) is 11.3 Å². The Morgan fingerprint density at radius 2 is 2.27 bits per heavy atom. The Balaban J connectivity index is 1.67. The number of esters is 1. The number of ether oxygens (including phenoxy) is 1. The van der Waals surface area contributed by atoms with Gasteiger partial charge in [0.1, 0.15) is 29.9 Å². The summed E-state index contributed by atoms with van der Waals surface area (Å²) in [6, 6.07) is 8.35. The van der Waals surface area contributed by atoms with Gasteiger partial charge in [-0.05, 0) is 29.6 Å². The van der Waals surface area contributed by atoms with E-state index in [9.17, 15) is 9.90 Å². The lowest BCUT2D eigenvalue weighted by Crippen LogP contribution is -2.05. The normalized spacial score (nSPS) is 10.6. The van der Waals surface area contributed by atoms with Crippen LogP contribution in [0.15, 0.2) is 50.9 Å². The van der Waals surface area contributed by atoms with Crippen molar-refractivity contribution in [2.45, 2.75) is 6.61 Å². The predicted molar refractivity (Wildman–Crippen MR) is 84.7 cm³/mol. The smallest absolute Gasteiger partial charge is 0.342 e. The van der Waals surface area contributed by atoms with Gasteiger partial charge in [-0.3, -0.25) is 0 Å². The Morgan fingerprint density at radius 3 is 3.05 bits per heavy atom. The fraction of sp³-hybridized carbons (Fsp3) is 0.0667. The van der Waals surface area contributed by atoms with E-state index in [4.69, 9.17) is 9.15 Å². The molecule has 1 aromatic carbocycles. The average molecular weight is 380 g/mol. The molecular weight excluding hydrogens is 370 g/mol. The first-order chi connectivity index (χ1) is 10.6. The number of carbonyl (C=O) groups excluding carboxylic acids is 1. The van der Waals surface area contributed by atoms with Gasteiger partial charge in [-0.2, -0.15) is 0 Å². The summed E-state index contributed by atoms with van der Waals surface area (Å²) in [6.45, 7) is -0.0281. The van der Waals surface area contributed by atoms with Gasteiger partial charge < -0.3 is 14.3 Å². The molecule has 0 aliphatic heterocycles. The molecule has 22 heavy (non-hydrogen) atoms. The SMILES string of the molecule is O=C(OCc1coc(-c2cccs2)n1)c1cc(Br)ccc1O. The quantitative estimate of drug-likeness (QED) is 0.686. The first-order valence-corrected chi connectivity index (χ1v) is 7.94. The summed E-state index contributed by atoms with van der Waals surface area (Å²) in [7, 11) is 0. The molecule has 1 N–H and O–H groups in total. The molecular formula is C15H10BrNO4S. The van der Waals surface area contributed by atoms with Gasteiger partial charge in [-0.15, -0.1) is 11.3 Å². The minimum absolute atomic E-state index is 0.0281. The number of benzene rings is 1. The summed E-state index contributed by atoms with van der Waals surface area (Å²) >= 11 is 4.75. The van der Waals surface area contributed by atoms with Crippen LogP contribution >= 0.6 is 27.3 Å². The highest BCUT2D eigenvalue weighted by atomic mass is 79.9. The number of halogens is 1. The van der Waals surface area contributed by atoms with Crippen molar-refractivity contribution in [1.82, 2.24) is 4.98 Å². The Morgan fingerprint density at radius 1 is 1.41 bits per heavy atom. The minimum atomic E-state index is -0.625. The number of carbonyl (C=O) groups is 1. The van der Waals surface area contributed by atoms with Crippen molar-refractivity contribution in [3.05, 3.63) is 57.7 Å². The molecule has 0 amide bonds. The zero-order valence-electron chi connectivity index (χ0n) is 11.2. The molecule has 0 saturated heterocycles. The Kier molecular flexibility index (Phi) is 4.26. The van der Waals surface area contributed by atoms with E-state index in [1.165, 1.54) is 29.7 Å². The van der Waals surface area contributed by atoms with E-state index in [0.29, 0.717) is 16.1 Å². The van der Waals surface area contributed by atoms with Crippen LogP contribution in [0.2, 0.25) is 0 Å². The molecule has 0 saturated carbocycles. The zero-order chi connectivity index (χ0) is 15.5. The number of rotatable bonds is 4. The van der Waals surface area contributed by atoms with E-state index in [1.54, 1.807) is 6.07 Å². The zero-order valence-corrected chi connectivity index (χ0v) is 13.6. The minimum Gasteiger partial charge on any atom is -0.507 e. The average Bonchev–Trinajstić information content (AvgIpc) is 3.17. The molecule has 0 atom stereocenters. The number of oxazole rings is 1. The van der Waals surface area contributed by atoms with Crippen LogP contribution < -0.4 is 0 Å². The molecule has 112 valence electrons. The van der Waals surface area contributed by atoms with E-state index < -0.39 is 5.97 Å². The molecule has 3 aromatic rings. The maximum Gasteiger partial charge on any atom is 0.342 e. The molecule has 0 unspecified atom stereocenters. The Hall–Kier alpha value is -2.12. The number of hydrogen-bond donors (Lipinski definition) is 1. The second-order valence-corrected chi connectivity index (χ2v) is 6.22. The van der Waals surface area contributed by atoms with Crippen LogP contribution in [0.4, 0.5) is 0 Å². The van der Waals surface area contributed by atoms with Crippen molar-refractivity contribution in [1.29, 1.82) is 0 Å². The fourth-order valence-electron chi connectivity index (χ4n) is 1.78. The molecule has 5 nitrogen and oxygen atoms in total. The number of hydrogen-bond acceptors (Lipinski definition) is 6. The summed E-state index contributed by atoms with van der Waals surface area (Å²) in [5.74, 6) is -0.265. The summed E-state index contributed by atoms with van der Waals surface area (Å²) in [5.41, 5.74) is 0.600. The van der Waals surface area contributed by atoms with Crippen LogP contribution in [0.25, 0.3) is 10.8 Å². The first kappa shape index (κ1) is 14.8. The Labute approximate surface area is 138 Å². The van der Waals surface area contributed by atoms with Gasteiger partial charge in [-0.25, -0.2) is 9.78 Å². The summed E-state index contributed by atoms with van der Waals surface area (Å²) in [5, 5.41) is 11.6. The summed E-state index contributed by atoms with van der Waals surface area (Å²) in [6.07, 6.45) is 1.45. The maximum absolute atomic E-state index is 12.0. The largest absolute Gasteiger partial charge is 0.507 e. The van der Waals surface area contributed by atoms with Crippen LogP contribution in [0.3, 0.4) is 0 Å². The lowest BCUT2D eigenvalue weighted by molar-refractivity contribution is 0.0464. The van der Waals surface area contributed by atoms with Crippen LogP contribution in [-0.4, -0.2) is 16.1 Å². The van der Waals surface area contributed by atoms with Gasteiger partial charge >= 0.3 is 5.97 Å². The van der Waals surface area contributed by atoms with Gasteiger partial charge in [-0.1, -0.05) is 22.0 Å². The monoisotopic (exact) mass is 379 g/mol. The van der Waals surface area contributed by atoms with Crippen LogP contribution in [0, 0.1) is 0 Å². The molecule has 2 heterocycles. The third-order valence-corrected chi connectivity index (χ3v) is 4.16. The summed E-state index contributed by atoms with van der Waals surface area (Å²) in [4.78, 5) is 17.1. The molecule has 2 aromatic heterocycles. The van der Waals surface area contributed by atoms with Gasteiger partial charge in [0.05, 0.1) is 4.88 Å². The second kappa shape index (κ2) is 6.33.